The third kappa shape index (κ3) is 6.45. The van der Waals surface area contributed by atoms with Crippen molar-refractivity contribution in [1.82, 2.24) is 9.62 Å². The maximum atomic E-state index is 13.1. The largest absolute Gasteiger partial charge is 0.355 e. The lowest BCUT2D eigenvalue weighted by atomic mass is 10.1. The highest BCUT2D eigenvalue weighted by Crippen LogP contribution is 2.21. The molecule has 0 saturated heterocycles. The zero-order valence-corrected chi connectivity index (χ0v) is 18.0. The number of benzene rings is 2. The Hall–Kier alpha value is -1.70. The Kier molecular flexibility index (Phi) is 8.01. The molecule has 0 aromatic heterocycles. The number of carbonyl (C=O) groups excluding carboxylic acids is 1. The Morgan fingerprint density at radius 2 is 1.70 bits per heavy atom. The Morgan fingerprint density at radius 1 is 1.07 bits per heavy atom. The van der Waals surface area contributed by atoms with Gasteiger partial charge in [-0.1, -0.05) is 59.1 Å². The lowest BCUT2D eigenvalue weighted by molar-refractivity contribution is -0.121. The predicted molar refractivity (Wildman–Crippen MR) is 111 cm³/mol. The van der Waals surface area contributed by atoms with E-state index in [4.69, 9.17) is 0 Å². The minimum Gasteiger partial charge on any atom is -0.355 e. The van der Waals surface area contributed by atoms with E-state index in [9.17, 15) is 13.2 Å². The first kappa shape index (κ1) is 21.6. The number of nitrogens with one attached hydrogen (secondary N) is 1. The molecule has 27 heavy (non-hydrogen) atoms. The molecule has 2 rings (SSSR count). The molecule has 1 amide bonds. The molecule has 146 valence electrons. The van der Waals surface area contributed by atoms with Gasteiger partial charge in [-0.3, -0.25) is 4.79 Å². The van der Waals surface area contributed by atoms with E-state index >= 15 is 0 Å². The van der Waals surface area contributed by atoms with Crippen molar-refractivity contribution >= 4 is 31.9 Å². The monoisotopic (exact) mass is 452 g/mol. The lowest BCUT2D eigenvalue weighted by Gasteiger charge is -2.22. The summed E-state index contributed by atoms with van der Waals surface area (Å²) >= 11 is 3.31. The van der Waals surface area contributed by atoms with Gasteiger partial charge in [0, 0.05) is 17.6 Å². The Bertz CT molecular complexity index is 850. The van der Waals surface area contributed by atoms with Crippen molar-refractivity contribution in [3.8, 4) is 0 Å². The van der Waals surface area contributed by atoms with Gasteiger partial charge in [0.2, 0.25) is 15.9 Å². The van der Waals surface area contributed by atoms with Crippen LogP contribution in [-0.4, -0.2) is 31.7 Å². The molecule has 0 radical (unpaired) electrons. The van der Waals surface area contributed by atoms with Gasteiger partial charge in [-0.15, -0.1) is 0 Å². The molecule has 2 aromatic rings. The van der Waals surface area contributed by atoms with E-state index in [1.165, 1.54) is 16.4 Å². The fraction of sp³-hybridized carbons (Fsp3) is 0.350. The van der Waals surface area contributed by atoms with Crippen molar-refractivity contribution in [3.05, 3.63) is 64.1 Å². The molecule has 0 atom stereocenters. The highest BCUT2D eigenvalue weighted by Gasteiger charge is 2.26. The summed E-state index contributed by atoms with van der Waals surface area (Å²) in [7, 11) is -3.80. The zero-order chi connectivity index (χ0) is 19.9. The van der Waals surface area contributed by atoms with Crippen molar-refractivity contribution in [1.29, 1.82) is 0 Å². The molecule has 0 unspecified atom stereocenters. The number of aryl methyl sites for hydroxylation is 1. The first-order valence-corrected chi connectivity index (χ1v) is 11.1. The zero-order valence-electron chi connectivity index (χ0n) is 15.6. The summed E-state index contributed by atoms with van der Waals surface area (Å²) in [6.45, 7) is 4.48. The topological polar surface area (TPSA) is 66.5 Å². The average Bonchev–Trinajstić information content (AvgIpc) is 2.63. The third-order valence-corrected chi connectivity index (χ3v) is 6.44. The van der Waals surface area contributed by atoms with Crippen molar-refractivity contribution in [2.45, 2.75) is 38.1 Å². The molecule has 0 aliphatic carbocycles. The number of amides is 1. The van der Waals surface area contributed by atoms with Gasteiger partial charge in [-0.25, -0.2) is 8.42 Å². The van der Waals surface area contributed by atoms with Gasteiger partial charge in [0.25, 0.3) is 0 Å². The summed E-state index contributed by atoms with van der Waals surface area (Å²) in [5, 5.41) is 2.79. The Morgan fingerprint density at radius 3 is 2.30 bits per heavy atom. The van der Waals surface area contributed by atoms with Crippen LogP contribution in [-0.2, 0) is 21.4 Å². The fourth-order valence-corrected chi connectivity index (χ4v) is 4.15. The average molecular weight is 453 g/mol. The Balaban J connectivity index is 2.25. The van der Waals surface area contributed by atoms with E-state index in [2.05, 4.69) is 21.2 Å². The number of unbranched alkanes of at least 4 members (excludes halogenated alkanes) is 1. The summed E-state index contributed by atoms with van der Waals surface area (Å²) in [5.74, 6) is -0.295. The van der Waals surface area contributed by atoms with Crippen LogP contribution < -0.4 is 5.32 Å². The van der Waals surface area contributed by atoms with Crippen LogP contribution >= 0.6 is 15.9 Å². The van der Waals surface area contributed by atoms with E-state index in [0.717, 1.165) is 28.4 Å². The van der Waals surface area contributed by atoms with Crippen LogP contribution in [0.1, 0.15) is 30.9 Å². The van der Waals surface area contributed by atoms with E-state index in [0.29, 0.717) is 6.54 Å². The van der Waals surface area contributed by atoms with Gasteiger partial charge in [-0.05, 0) is 43.2 Å². The summed E-state index contributed by atoms with van der Waals surface area (Å²) in [6.07, 6.45) is 1.83. The van der Waals surface area contributed by atoms with Crippen LogP contribution in [0.15, 0.2) is 57.9 Å². The van der Waals surface area contributed by atoms with Gasteiger partial charge in [0.1, 0.15) is 0 Å². The van der Waals surface area contributed by atoms with E-state index in [-0.39, 0.29) is 23.9 Å². The highest BCUT2D eigenvalue weighted by molar-refractivity contribution is 9.10. The first-order valence-electron chi connectivity index (χ1n) is 8.91. The molecule has 0 bridgehead atoms. The van der Waals surface area contributed by atoms with Gasteiger partial charge >= 0.3 is 0 Å². The number of halogens is 1. The summed E-state index contributed by atoms with van der Waals surface area (Å²) in [4.78, 5) is 12.4. The third-order valence-electron chi connectivity index (χ3n) is 4.10. The van der Waals surface area contributed by atoms with Crippen LogP contribution in [0.2, 0.25) is 0 Å². The van der Waals surface area contributed by atoms with Crippen LogP contribution in [0.25, 0.3) is 0 Å². The molecule has 0 spiro atoms. The number of rotatable bonds is 9. The van der Waals surface area contributed by atoms with Crippen LogP contribution in [0.3, 0.4) is 0 Å². The van der Waals surface area contributed by atoms with Crippen LogP contribution in [0.5, 0.6) is 0 Å². The first-order chi connectivity index (χ1) is 12.8. The van der Waals surface area contributed by atoms with E-state index in [1.54, 1.807) is 12.1 Å². The quantitative estimate of drug-likeness (QED) is 0.587. The summed E-state index contributed by atoms with van der Waals surface area (Å²) in [5.41, 5.74) is 1.93. The molecule has 1 N–H and O–H groups in total. The van der Waals surface area contributed by atoms with Crippen molar-refractivity contribution < 1.29 is 13.2 Å². The second-order valence-corrected chi connectivity index (χ2v) is 9.27. The molecule has 7 heteroatoms. The number of hydrogen-bond donors (Lipinski definition) is 1. The number of nitrogens with zero attached hydrogens (tertiary/aromatic N) is 1. The maximum Gasteiger partial charge on any atom is 0.243 e. The number of hydrogen-bond acceptors (Lipinski definition) is 3. The highest BCUT2D eigenvalue weighted by atomic mass is 79.9. The fourth-order valence-electron chi connectivity index (χ4n) is 2.50. The summed E-state index contributed by atoms with van der Waals surface area (Å²) < 4.78 is 28.2. The molecular formula is C20H25BrN2O3S. The number of sulfonamides is 1. The van der Waals surface area contributed by atoms with Gasteiger partial charge < -0.3 is 5.32 Å². The van der Waals surface area contributed by atoms with Crippen LogP contribution in [0.4, 0.5) is 0 Å². The second-order valence-electron chi connectivity index (χ2n) is 6.42. The maximum absolute atomic E-state index is 13.1. The minimum absolute atomic E-state index is 0.139. The minimum atomic E-state index is -3.80. The second kappa shape index (κ2) is 10.0. The molecule has 5 nitrogen and oxygen atoms in total. The van der Waals surface area contributed by atoms with Gasteiger partial charge in [0.05, 0.1) is 11.4 Å². The SMILES string of the molecule is CCCCNC(=O)CN(Cc1ccc(C)cc1)S(=O)(=O)c1ccc(Br)cc1. The van der Waals surface area contributed by atoms with Crippen LogP contribution in [0, 0.1) is 6.92 Å². The predicted octanol–water partition coefficient (Wildman–Crippen LogP) is 3.86. The van der Waals surface area contributed by atoms with E-state index < -0.39 is 10.0 Å². The van der Waals surface area contributed by atoms with Gasteiger partial charge in [-0.2, -0.15) is 4.31 Å². The standard InChI is InChI=1S/C20H25BrN2O3S/c1-3-4-13-22-20(24)15-23(14-17-7-5-16(2)6-8-17)27(25,26)19-11-9-18(21)10-12-19/h5-12H,3-4,13-15H2,1-2H3,(H,22,24). The smallest absolute Gasteiger partial charge is 0.243 e. The normalized spacial score (nSPS) is 11.6. The molecule has 0 aliphatic heterocycles. The molecule has 2 aromatic carbocycles. The molecule has 0 aliphatic rings. The van der Waals surface area contributed by atoms with Crippen molar-refractivity contribution in [2.75, 3.05) is 13.1 Å². The number of carbonyl (C=O) groups is 1. The Labute approximate surface area is 170 Å². The van der Waals surface area contributed by atoms with Gasteiger partial charge in [0.15, 0.2) is 0 Å². The lowest BCUT2D eigenvalue weighted by Crippen LogP contribution is -2.40. The molecule has 0 heterocycles. The van der Waals surface area contributed by atoms with Crippen molar-refractivity contribution in [2.24, 2.45) is 0 Å². The van der Waals surface area contributed by atoms with E-state index in [1.807, 2.05) is 38.1 Å². The molecular weight excluding hydrogens is 428 g/mol. The summed E-state index contributed by atoms with van der Waals surface area (Å²) in [6, 6.07) is 14.1. The molecule has 0 fully saturated rings. The molecule has 0 saturated carbocycles. The van der Waals surface area contributed by atoms with Crippen molar-refractivity contribution in [3.63, 3.8) is 0 Å².